The molecule has 3 heteroatoms. The van der Waals surface area contributed by atoms with Crippen LogP contribution in [0.3, 0.4) is 0 Å². The molecule has 112 valence electrons. The zero-order valence-corrected chi connectivity index (χ0v) is 12.6. The number of amides is 1. The van der Waals surface area contributed by atoms with E-state index in [9.17, 15) is 4.79 Å². The van der Waals surface area contributed by atoms with Crippen LogP contribution in [0.25, 0.3) is 0 Å². The summed E-state index contributed by atoms with van der Waals surface area (Å²) in [6.45, 7) is 0.712. The Labute approximate surface area is 135 Å². The van der Waals surface area contributed by atoms with Gasteiger partial charge in [-0.15, -0.1) is 0 Å². The van der Waals surface area contributed by atoms with Crippen molar-refractivity contribution in [3.63, 3.8) is 0 Å². The number of nitrogens with zero attached hydrogens (tertiary/aromatic N) is 1. The first-order chi connectivity index (χ1) is 11.3. The number of benzene rings is 3. The summed E-state index contributed by atoms with van der Waals surface area (Å²) < 4.78 is 0. The molecule has 1 aliphatic rings. The molecular weight excluding hydrogens is 284 g/mol. The minimum absolute atomic E-state index is 0.0661. The summed E-state index contributed by atoms with van der Waals surface area (Å²) in [7, 11) is 0. The van der Waals surface area contributed by atoms with Crippen LogP contribution >= 0.6 is 0 Å². The molecule has 0 saturated heterocycles. The van der Waals surface area contributed by atoms with Gasteiger partial charge >= 0.3 is 0 Å². The number of carbonyl (C=O) groups excluding carboxylic acids is 1. The summed E-state index contributed by atoms with van der Waals surface area (Å²) in [6.07, 6.45) is 0. The Hall–Kier alpha value is -3.07. The second-order valence-electron chi connectivity index (χ2n) is 5.56. The van der Waals surface area contributed by atoms with Crippen molar-refractivity contribution in [1.82, 2.24) is 0 Å². The fourth-order valence-corrected chi connectivity index (χ4v) is 2.97. The molecule has 0 saturated carbocycles. The van der Waals surface area contributed by atoms with E-state index < -0.39 is 0 Å². The standard InChI is InChI=1S/C20H16N2O/c23-20-16-10-4-6-12-18(16)22(14-15-8-2-1-3-9-15)19-13-7-5-11-17(19)21-20/h1-13H,14H2,(H,21,23). The van der Waals surface area contributed by atoms with E-state index in [0.717, 1.165) is 17.1 Å². The molecule has 0 fully saturated rings. The molecule has 0 unspecified atom stereocenters. The van der Waals surface area contributed by atoms with Crippen molar-refractivity contribution in [2.75, 3.05) is 10.2 Å². The quantitative estimate of drug-likeness (QED) is 0.750. The molecule has 3 aromatic rings. The van der Waals surface area contributed by atoms with Crippen molar-refractivity contribution >= 4 is 23.0 Å². The van der Waals surface area contributed by atoms with Crippen molar-refractivity contribution < 1.29 is 4.79 Å². The molecule has 0 aliphatic carbocycles. The van der Waals surface area contributed by atoms with E-state index in [1.807, 2.05) is 66.7 Å². The zero-order chi connectivity index (χ0) is 15.6. The summed E-state index contributed by atoms with van der Waals surface area (Å²) in [6, 6.07) is 25.9. The van der Waals surface area contributed by atoms with Crippen LogP contribution in [0.15, 0.2) is 78.9 Å². The fraction of sp³-hybridized carbons (Fsp3) is 0.0500. The number of nitrogens with one attached hydrogen (secondary N) is 1. The molecule has 0 bridgehead atoms. The Balaban J connectivity index is 1.89. The number of carbonyl (C=O) groups is 1. The van der Waals surface area contributed by atoms with Crippen LogP contribution < -0.4 is 10.2 Å². The lowest BCUT2D eigenvalue weighted by molar-refractivity contribution is 0.102. The molecule has 0 atom stereocenters. The van der Waals surface area contributed by atoms with E-state index in [1.165, 1.54) is 5.56 Å². The van der Waals surface area contributed by atoms with Gasteiger partial charge in [0.15, 0.2) is 0 Å². The number of hydrogen-bond acceptors (Lipinski definition) is 2. The predicted octanol–water partition coefficient (Wildman–Crippen LogP) is 4.59. The SMILES string of the molecule is O=C1Nc2ccccc2N(Cc2ccccc2)c2ccccc21. The first kappa shape index (κ1) is 13.6. The van der Waals surface area contributed by atoms with Crippen molar-refractivity contribution in [3.05, 3.63) is 90.0 Å². The van der Waals surface area contributed by atoms with Crippen molar-refractivity contribution in [1.29, 1.82) is 0 Å². The van der Waals surface area contributed by atoms with Gasteiger partial charge in [-0.1, -0.05) is 54.6 Å². The van der Waals surface area contributed by atoms with Crippen LogP contribution in [0.4, 0.5) is 17.1 Å². The Morgan fingerprint density at radius 2 is 1.39 bits per heavy atom. The zero-order valence-electron chi connectivity index (χ0n) is 12.6. The number of rotatable bonds is 2. The van der Waals surface area contributed by atoms with Crippen LogP contribution in [-0.2, 0) is 6.54 Å². The molecule has 23 heavy (non-hydrogen) atoms. The number of para-hydroxylation sites is 3. The maximum atomic E-state index is 12.5. The summed E-state index contributed by atoms with van der Waals surface area (Å²) in [4.78, 5) is 14.7. The lowest BCUT2D eigenvalue weighted by atomic mass is 10.1. The molecule has 3 nitrogen and oxygen atoms in total. The number of anilines is 3. The van der Waals surface area contributed by atoms with Gasteiger partial charge in [0.1, 0.15) is 0 Å². The summed E-state index contributed by atoms with van der Waals surface area (Å²) in [5.74, 6) is -0.0661. The third-order valence-corrected chi connectivity index (χ3v) is 4.07. The maximum absolute atomic E-state index is 12.5. The van der Waals surface area contributed by atoms with E-state index in [1.54, 1.807) is 0 Å². The van der Waals surface area contributed by atoms with Crippen molar-refractivity contribution in [2.45, 2.75) is 6.54 Å². The van der Waals surface area contributed by atoms with Crippen LogP contribution in [0, 0.1) is 0 Å². The van der Waals surface area contributed by atoms with E-state index in [2.05, 4.69) is 22.3 Å². The highest BCUT2D eigenvalue weighted by atomic mass is 16.1. The summed E-state index contributed by atoms with van der Waals surface area (Å²) in [5, 5.41) is 3.01. The Morgan fingerprint density at radius 1 is 0.739 bits per heavy atom. The van der Waals surface area contributed by atoms with Gasteiger partial charge in [-0.2, -0.15) is 0 Å². The van der Waals surface area contributed by atoms with Crippen LogP contribution in [0.1, 0.15) is 15.9 Å². The molecule has 4 rings (SSSR count). The van der Waals surface area contributed by atoms with Crippen LogP contribution in [0.2, 0.25) is 0 Å². The largest absolute Gasteiger partial charge is 0.335 e. The monoisotopic (exact) mass is 300 g/mol. The normalized spacial score (nSPS) is 12.9. The number of fused-ring (bicyclic) bond motifs is 2. The molecule has 1 amide bonds. The smallest absolute Gasteiger partial charge is 0.257 e. The molecular formula is C20H16N2O. The lowest BCUT2D eigenvalue weighted by Gasteiger charge is -2.26. The average molecular weight is 300 g/mol. The highest BCUT2D eigenvalue weighted by molar-refractivity contribution is 6.12. The third kappa shape index (κ3) is 2.46. The molecule has 0 radical (unpaired) electrons. The third-order valence-electron chi connectivity index (χ3n) is 4.07. The van der Waals surface area contributed by atoms with E-state index in [-0.39, 0.29) is 5.91 Å². The average Bonchev–Trinajstić information content (AvgIpc) is 2.72. The first-order valence-corrected chi connectivity index (χ1v) is 7.64. The summed E-state index contributed by atoms with van der Waals surface area (Å²) >= 11 is 0. The molecule has 3 aromatic carbocycles. The highest BCUT2D eigenvalue weighted by Gasteiger charge is 2.24. The van der Waals surface area contributed by atoms with E-state index >= 15 is 0 Å². The van der Waals surface area contributed by atoms with Gasteiger partial charge in [0.2, 0.25) is 0 Å². The van der Waals surface area contributed by atoms with Crippen LogP contribution in [0.5, 0.6) is 0 Å². The fourth-order valence-electron chi connectivity index (χ4n) is 2.97. The molecule has 1 aliphatic heterocycles. The van der Waals surface area contributed by atoms with E-state index in [0.29, 0.717) is 12.1 Å². The second kappa shape index (κ2) is 5.61. The van der Waals surface area contributed by atoms with Gasteiger partial charge in [0.05, 0.1) is 22.6 Å². The molecule has 0 aromatic heterocycles. The van der Waals surface area contributed by atoms with E-state index in [4.69, 9.17) is 0 Å². The summed E-state index contributed by atoms with van der Waals surface area (Å²) in [5.41, 5.74) is 4.67. The minimum atomic E-state index is -0.0661. The van der Waals surface area contributed by atoms with Gasteiger partial charge in [-0.05, 0) is 29.8 Å². The Morgan fingerprint density at radius 3 is 2.22 bits per heavy atom. The molecule has 0 spiro atoms. The van der Waals surface area contributed by atoms with Crippen molar-refractivity contribution in [3.8, 4) is 0 Å². The van der Waals surface area contributed by atoms with Gasteiger partial charge in [0, 0.05) is 6.54 Å². The maximum Gasteiger partial charge on any atom is 0.257 e. The van der Waals surface area contributed by atoms with Gasteiger partial charge in [0.25, 0.3) is 5.91 Å². The predicted molar refractivity (Wildman–Crippen MR) is 93.1 cm³/mol. The van der Waals surface area contributed by atoms with Crippen molar-refractivity contribution in [2.24, 2.45) is 0 Å². The number of hydrogen-bond donors (Lipinski definition) is 1. The minimum Gasteiger partial charge on any atom is -0.335 e. The molecule has 1 N–H and O–H groups in total. The van der Waals surface area contributed by atoms with Crippen LogP contribution in [-0.4, -0.2) is 5.91 Å². The highest BCUT2D eigenvalue weighted by Crippen LogP contribution is 2.38. The topological polar surface area (TPSA) is 32.3 Å². The Kier molecular flexibility index (Phi) is 3.31. The van der Waals surface area contributed by atoms with Gasteiger partial charge in [-0.3, -0.25) is 4.79 Å². The second-order valence-corrected chi connectivity index (χ2v) is 5.56. The first-order valence-electron chi connectivity index (χ1n) is 7.64. The Bertz CT molecular complexity index is 858. The molecule has 1 heterocycles. The van der Waals surface area contributed by atoms with Gasteiger partial charge in [-0.25, -0.2) is 0 Å². The lowest BCUT2D eigenvalue weighted by Crippen LogP contribution is -2.17. The van der Waals surface area contributed by atoms with Gasteiger partial charge < -0.3 is 10.2 Å².